The summed E-state index contributed by atoms with van der Waals surface area (Å²) in [5, 5.41) is 4.44. The Morgan fingerprint density at radius 3 is 2.37 bits per heavy atom. The van der Waals surface area contributed by atoms with Crippen LogP contribution in [0.5, 0.6) is 11.6 Å². The molecule has 0 spiro atoms. The third-order valence-corrected chi connectivity index (χ3v) is 5.66. The quantitative estimate of drug-likeness (QED) is 0.250. The SMILES string of the molecule is Cc1ccc(C)c(Oc2cc(-c3c(-c4ccc(F)cc4)nn4cc(C(F)(F)F)ccc34)ccn2)c1. The first-order chi connectivity index (χ1) is 16.7. The fourth-order valence-corrected chi connectivity index (χ4v) is 3.86. The maximum absolute atomic E-state index is 13.6. The Kier molecular flexibility index (Phi) is 5.51. The van der Waals surface area contributed by atoms with Crippen LogP contribution in [0, 0.1) is 19.7 Å². The molecule has 0 amide bonds. The molecule has 4 nitrogen and oxygen atoms in total. The Morgan fingerprint density at radius 2 is 1.63 bits per heavy atom. The van der Waals surface area contributed by atoms with Gasteiger partial charge in [0.05, 0.1) is 11.1 Å². The molecule has 5 aromatic rings. The zero-order valence-electron chi connectivity index (χ0n) is 18.8. The van der Waals surface area contributed by atoms with Gasteiger partial charge in [0.1, 0.15) is 17.3 Å². The number of pyridine rings is 2. The van der Waals surface area contributed by atoms with E-state index in [1.54, 1.807) is 30.5 Å². The van der Waals surface area contributed by atoms with Gasteiger partial charge in [0, 0.05) is 29.6 Å². The van der Waals surface area contributed by atoms with Gasteiger partial charge in [-0.1, -0.05) is 12.1 Å². The van der Waals surface area contributed by atoms with Gasteiger partial charge in [0.2, 0.25) is 5.88 Å². The van der Waals surface area contributed by atoms with Gasteiger partial charge in [-0.05, 0) is 79.1 Å². The van der Waals surface area contributed by atoms with Crippen molar-refractivity contribution < 1.29 is 22.3 Å². The second-order valence-electron chi connectivity index (χ2n) is 8.23. The van der Waals surface area contributed by atoms with E-state index in [-0.39, 0.29) is 0 Å². The van der Waals surface area contributed by atoms with Gasteiger partial charge >= 0.3 is 6.18 Å². The molecule has 3 heterocycles. The highest BCUT2D eigenvalue weighted by molar-refractivity contribution is 5.92. The third-order valence-electron chi connectivity index (χ3n) is 5.66. The largest absolute Gasteiger partial charge is 0.439 e. The minimum absolute atomic E-state index is 0.326. The number of fused-ring (bicyclic) bond motifs is 1. The fraction of sp³-hybridized carbons (Fsp3) is 0.111. The Bertz CT molecular complexity index is 1540. The number of halogens is 4. The van der Waals surface area contributed by atoms with Gasteiger partial charge in [-0.2, -0.15) is 18.3 Å². The van der Waals surface area contributed by atoms with E-state index in [1.807, 2.05) is 32.0 Å². The first-order valence-electron chi connectivity index (χ1n) is 10.8. The van der Waals surface area contributed by atoms with Gasteiger partial charge in [-0.15, -0.1) is 0 Å². The molecule has 8 heteroatoms. The molecule has 0 atom stereocenters. The monoisotopic (exact) mass is 477 g/mol. The van der Waals surface area contributed by atoms with Gasteiger partial charge in [-0.3, -0.25) is 0 Å². The molecule has 35 heavy (non-hydrogen) atoms. The third kappa shape index (κ3) is 4.47. The Labute approximate surface area is 198 Å². The number of rotatable bonds is 4. The average Bonchev–Trinajstić information content (AvgIpc) is 3.20. The summed E-state index contributed by atoms with van der Waals surface area (Å²) >= 11 is 0. The highest BCUT2D eigenvalue weighted by atomic mass is 19.4. The predicted octanol–water partition coefficient (Wildman–Crippen LogP) is 7.63. The van der Waals surface area contributed by atoms with Crippen LogP contribution >= 0.6 is 0 Å². The molecule has 0 bridgehead atoms. The van der Waals surface area contributed by atoms with Crippen LogP contribution in [0.15, 0.2) is 79.1 Å². The van der Waals surface area contributed by atoms with Crippen molar-refractivity contribution >= 4 is 5.52 Å². The van der Waals surface area contributed by atoms with Gasteiger partial charge < -0.3 is 4.74 Å². The molecule has 0 aliphatic carbocycles. The maximum Gasteiger partial charge on any atom is 0.417 e. The molecule has 0 saturated carbocycles. The Morgan fingerprint density at radius 1 is 0.857 bits per heavy atom. The van der Waals surface area contributed by atoms with Crippen molar-refractivity contribution in [1.29, 1.82) is 0 Å². The van der Waals surface area contributed by atoms with Crippen LogP contribution in [0.4, 0.5) is 17.6 Å². The zero-order chi connectivity index (χ0) is 24.7. The fourth-order valence-electron chi connectivity index (χ4n) is 3.86. The second kappa shape index (κ2) is 8.54. The summed E-state index contributed by atoms with van der Waals surface area (Å²) < 4.78 is 60.8. The second-order valence-corrected chi connectivity index (χ2v) is 8.23. The molecule has 0 unspecified atom stereocenters. The summed E-state index contributed by atoms with van der Waals surface area (Å²) in [6.07, 6.45) is -2.00. The van der Waals surface area contributed by atoms with Crippen molar-refractivity contribution in [1.82, 2.24) is 14.6 Å². The summed E-state index contributed by atoms with van der Waals surface area (Å²) in [6.45, 7) is 3.88. The lowest BCUT2D eigenvalue weighted by molar-refractivity contribution is -0.137. The summed E-state index contributed by atoms with van der Waals surface area (Å²) in [5.74, 6) is 0.558. The smallest absolute Gasteiger partial charge is 0.417 e. The summed E-state index contributed by atoms with van der Waals surface area (Å²) in [4.78, 5) is 4.31. The summed E-state index contributed by atoms with van der Waals surface area (Å²) in [7, 11) is 0. The number of aryl methyl sites for hydroxylation is 2. The topological polar surface area (TPSA) is 39.4 Å². The van der Waals surface area contributed by atoms with Gasteiger partial charge in [0.15, 0.2) is 0 Å². The normalized spacial score (nSPS) is 11.7. The number of benzene rings is 2. The van der Waals surface area contributed by atoms with Crippen LogP contribution in [0.25, 0.3) is 27.9 Å². The van der Waals surface area contributed by atoms with Crippen LogP contribution in [0.3, 0.4) is 0 Å². The van der Waals surface area contributed by atoms with Crippen LogP contribution in [-0.4, -0.2) is 14.6 Å². The molecule has 0 aliphatic rings. The summed E-state index contributed by atoms with van der Waals surface area (Å²) in [5.41, 5.74) is 3.81. The molecular weight excluding hydrogens is 458 g/mol. The van der Waals surface area contributed by atoms with Crippen molar-refractivity contribution in [3.05, 3.63) is 102 Å². The minimum Gasteiger partial charge on any atom is -0.439 e. The van der Waals surface area contributed by atoms with E-state index in [1.165, 1.54) is 22.7 Å². The van der Waals surface area contributed by atoms with Crippen LogP contribution in [0.1, 0.15) is 16.7 Å². The first kappa shape index (κ1) is 22.6. The van der Waals surface area contributed by atoms with E-state index in [0.29, 0.717) is 39.5 Å². The van der Waals surface area contributed by atoms with Crippen LogP contribution in [-0.2, 0) is 6.18 Å². The number of aromatic nitrogens is 3. The lowest BCUT2D eigenvalue weighted by Crippen LogP contribution is -2.06. The molecular formula is C27H19F4N3O. The molecule has 176 valence electrons. The van der Waals surface area contributed by atoms with Crippen molar-refractivity contribution in [3.63, 3.8) is 0 Å². The maximum atomic E-state index is 13.6. The number of ether oxygens (including phenoxy) is 1. The number of alkyl halides is 3. The van der Waals surface area contributed by atoms with Crippen molar-refractivity contribution in [2.24, 2.45) is 0 Å². The first-order valence-corrected chi connectivity index (χ1v) is 10.8. The predicted molar refractivity (Wildman–Crippen MR) is 125 cm³/mol. The lowest BCUT2D eigenvalue weighted by Gasteiger charge is -2.10. The van der Waals surface area contributed by atoms with Gasteiger partial charge in [0.25, 0.3) is 0 Å². The molecule has 2 aromatic carbocycles. The molecule has 3 aromatic heterocycles. The molecule has 5 rings (SSSR count). The van der Waals surface area contributed by atoms with Gasteiger partial charge in [-0.25, -0.2) is 13.9 Å². The van der Waals surface area contributed by atoms with E-state index in [4.69, 9.17) is 4.74 Å². The number of nitrogens with zero attached hydrogens (tertiary/aromatic N) is 3. The molecule has 0 N–H and O–H groups in total. The van der Waals surface area contributed by atoms with E-state index < -0.39 is 17.6 Å². The van der Waals surface area contributed by atoms with E-state index in [9.17, 15) is 17.6 Å². The van der Waals surface area contributed by atoms with Crippen LogP contribution in [0.2, 0.25) is 0 Å². The Balaban J connectivity index is 1.67. The lowest BCUT2D eigenvalue weighted by atomic mass is 10.0. The minimum atomic E-state index is -4.51. The van der Waals surface area contributed by atoms with E-state index in [0.717, 1.165) is 23.4 Å². The van der Waals surface area contributed by atoms with Crippen molar-refractivity contribution in [2.75, 3.05) is 0 Å². The van der Waals surface area contributed by atoms with E-state index in [2.05, 4.69) is 10.1 Å². The molecule has 0 aliphatic heterocycles. The highest BCUT2D eigenvalue weighted by Crippen LogP contribution is 2.38. The van der Waals surface area contributed by atoms with Crippen molar-refractivity contribution in [3.8, 4) is 34.0 Å². The molecule has 0 fully saturated rings. The van der Waals surface area contributed by atoms with Crippen LogP contribution < -0.4 is 4.74 Å². The Hall–Kier alpha value is -4.20. The summed E-state index contributed by atoms with van der Waals surface area (Å²) in [6, 6.07) is 17.3. The number of hydrogen-bond acceptors (Lipinski definition) is 3. The standard InChI is InChI=1S/C27H19F4N3O/c1-16-3-4-17(2)23(13-16)35-24-14-19(11-12-32-24)25-22-10-7-20(27(29,30)31)15-34(22)33-26(25)18-5-8-21(28)9-6-18/h3-15H,1-2H3. The molecule has 0 radical (unpaired) electrons. The highest BCUT2D eigenvalue weighted by Gasteiger charge is 2.31. The molecule has 0 saturated heterocycles. The zero-order valence-corrected chi connectivity index (χ0v) is 18.8. The average molecular weight is 477 g/mol. The van der Waals surface area contributed by atoms with E-state index >= 15 is 0 Å². The van der Waals surface area contributed by atoms with Crippen molar-refractivity contribution in [2.45, 2.75) is 20.0 Å². The number of hydrogen-bond donors (Lipinski definition) is 0.